The number of ether oxygens (including phenoxy) is 2. The predicted octanol–water partition coefficient (Wildman–Crippen LogP) is 1.38. The van der Waals surface area contributed by atoms with Gasteiger partial charge >= 0.3 is 0 Å². The Labute approximate surface area is 127 Å². The Bertz CT molecular complexity index is 286. The molecule has 0 unspecified atom stereocenters. The Hall–Kier alpha value is -0.360. The Kier molecular flexibility index (Phi) is 8.45. The van der Waals surface area contributed by atoms with Crippen molar-refractivity contribution >= 4 is 18.3 Å². The summed E-state index contributed by atoms with van der Waals surface area (Å²) in [5.74, 6) is -0.0248. The lowest BCUT2D eigenvalue weighted by atomic mass is 9.98. The fourth-order valence-electron chi connectivity index (χ4n) is 2.82. The zero-order chi connectivity index (χ0) is 13.5. The molecule has 1 amide bonds. The number of nitrogens with one attached hydrogen (secondary N) is 1. The fourth-order valence-corrected chi connectivity index (χ4v) is 2.82. The molecular weight excluding hydrogens is 280 g/mol. The minimum absolute atomic E-state index is 0. The minimum atomic E-state index is -0.316. The molecule has 0 aromatic carbocycles. The highest BCUT2D eigenvalue weighted by atomic mass is 35.5. The highest BCUT2D eigenvalue weighted by molar-refractivity contribution is 5.85. The van der Waals surface area contributed by atoms with E-state index in [9.17, 15) is 4.79 Å². The largest absolute Gasteiger partial charge is 0.376 e. The van der Waals surface area contributed by atoms with E-state index in [1.54, 1.807) is 0 Å². The quantitative estimate of drug-likeness (QED) is 0.727. The number of carbonyl (C=O) groups excluding carboxylic acids is 1. The third kappa shape index (κ3) is 5.56. The van der Waals surface area contributed by atoms with Crippen LogP contribution < -0.4 is 11.1 Å². The van der Waals surface area contributed by atoms with Crippen LogP contribution in [0.3, 0.4) is 0 Å². The molecule has 6 heteroatoms. The van der Waals surface area contributed by atoms with Crippen molar-refractivity contribution in [3.05, 3.63) is 0 Å². The maximum Gasteiger partial charge on any atom is 0.249 e. The van der Waals surface area contributed by atoms with E-state index in [0.717, 1.165) is 25.7 Å². The van der Waals surface area contributed by atoms with Crippen LogP contribution in [0.15, 0.2) is 0 Å². The van der Waals surface area contributed by atoms with Crippen LogP contribution in [-0.2, 0) is 14.3 Å². The average molecular weight is 307 g/mol. The Morgan fingerprint density at radius 3 is 2.60 bits per heavy atom. The second-order valence-corrected chi connectivity index (χ2v) is 5.48. The SMILES string of the molecule is Cl.NC[C@H]1CC[C@@H](C(=O)NCCOC2CCCCC2)O1. The highest BCUT2D eigenvalue weighted by Gasteiger charge is 2.29. The van der Waals surface area contributed by atoms with Gasteiger partial charge in [-0.2, -0.15) is 0 Å². The molecule has 2 aliphatic rings. The van der Waals surface area contributed by atoms with E-state index in [2.05, 4.69) is 5.32 Å². The number of hydrogen-bond acceptors (Lipinski definition) is 4. The van der Waals surface area contributed by atoms with Gasteiger partial charge in [-0.15, -0.1) is 12.4 Å². The van der Waals surface area contributed by atoms with Crippen LogP contribution >= 0.6 is 12.4 Å². The summed E-state index contributed by atoms with van der Waals surface area (Å²) in [6.07, 6.45) is 7.99. The van der Waals surface area contributed by atoms with E-state index >= 15 is 0 Å². The van der Waals surface area contributed by atoms with Gasteiger partial charge in [0.25, 0.3) is 0 Å². The third-order valence-electron chi connectivity index (χ3n) is 3.97. The zero-order valence-electron chi connectivity index (χ0n) is 12.0. The lowest BCUT2D eigenvalue weighted by molar-refractivity contribution is -0.132. The van der Waals surface area contributed by atoms with Gasteiger partial charge in [-0.3, -0.25) is 4.79 Å². The number of hydrogen-bond donors (Lipinski definition) is 2. The van der Waals surface area contributed by atoms with Gasteiger partial charge in [0.1, 0.15) is 6.10 Å². The number of amides is 1. The summed E-state index contributed by atoms with van der Waals surface area (Å²) in [7, 11) is 0. The number of nitrogens with two attached hydrogens (primary N) is 1. The van der Waals surface area contributed by atoms with Crippen LogP contribution in [0.4, 0.5) is 0 Å². The first-order valence-electron chi connectivity index (χ1n) is 7.54. The molecule has 118 valence electrons. The molecule has 0 spiro atoms. The van der Waals surface area contributed by atoms with E-state index < -0.39 is 0 Å². The van der Waals surface area contributed by atoms with Gasteiger partial charge in [-0.05, 0) is 25.7 Å². The van der Waals surface area contributed by atoms with Crippen molar-refractivity contribution in [3.8, 4) is 0 Å². The van der Waals surface area contributed by atoms with Crippen LogP contribution in [0.2, 0.25) is 0 Å². The molecule has 1 heterocycles. The molecule has 3 N–H and O–H groups in total. The van der Waals surface area contributed by atoms with Crippen molar-refractivity contribution < 1.29 is 14.3 Å². The number of halogens is 1. The van der Waals surface area contributed by atoms with Crippen LogP contribution in [0.5, 0.6) is 0 Å². The van der Waals surface area contributed by atoms with Crippen molar-refractivity contribution in [1.82, 2.24) is 5.32 Å². The molecule has 5 nitrogen and oxygen atoms in total. The van der Waals surface area contributed by atoms with Crippen molar-refractivity contribution in [2.45, 2.75) is 63.3 Å². The molecule has 0 radical (unpaired) electrons. The minimum Gasteiger partial charge on any atom is -0.376 e. The molecular formula is C14H27ClN2O3. The summed E-state index contributed by atoms with van der Waals surface area (Å²) in [5, 5.41) is 2.88. The summed E-state index contributed by atoms with van der Waals surface area (Å²) < 4.78 is 11.3. The topological polar surface area (TPSA) is 73.6 Å². The molecule has 1 aliphatic carbocycles. The smallest absolute Gasteiger partial charge is 0.249 e. The highest BCUT2D eigenvalue weighted by Crippen LogP contribution is 2.20. The summed E-state index contributed by atoms with van der Waals surface area (Å²) in [5.41, 5.74) is 5.52. The Balaban J connectivity index is 0.00000200. The van der Waals surface area contributed by atoms with E-state index in [1.165, 1.54) is 19.3 Å². The molecule has 1 saturated heterocycles. The standard InChI is InChI=1S/C14H26N2O3.ClH/c15-10-12-6-7-13(19-12)14(17)16-8-9-18-11-4-2-1-3-5-11;/h11-13H,1-10,15H2,(H,16,17);1H/t12-,13+;/m1./s1. The third-order valence-corrected chi connectivity index (χ3v) is 3.97. The van der Waals surface area contributed by atoms with Gasteiger partial charge in [0.2, 0.25) is 5.91 Å². The van der Waals surface area contributed by atoms with Crippen LogP contribution in [-0.4, -0.2) is 43.9 Å². The van der Waals surface area contributed by atoms with Gasteiger partial charge in [0.15, 0.2) is 0 Å². The molecule has 20 heavy (non-hydrogen) atoms. The normalized spacial score (nSPS) is 27.1. The molecule has 2 fully saturated rings. The molecule has 0 bridgehead atoms. The second-order valence-electron chi connectivity index (χ2n) is 5.48. The van der Waals surface area contributed by atoms with Crippen molar-refractivity contribution in [3.63, 3.8) is 0 Å². The fraction of sp³-hybridized carbons (Fsp3) is 0.929. The predicted molar refractivity (Wildman–Crippen MR) is 80.0 cm³/mol. The molecule has 0 aromatic rings. The van der Waals surface area contributed by atoms with Crippen LogP contribution in [0.1, 0.15) is 44.9 Å². The Morgan fingerprint density at radius 2 is 1.95 bits per heavy atom. The van der Waals surface area contributed by atoms with Gasteiger partial charge in [-0.25, -0.2) is 0 Å². The lowest BCUT2D eigenvalue weighted by Crippen LogP contribution is -2.37. The average Bonchev–Trinajstić information content (AvgIpc) is 2.93. The maximum atomic E-state index is 11.8. The Morgan fingerprint density at radius 1 is 1.20 bits per heavy atom. The van der Waals surface area contributed by atoms with E-state index in [-0.39, 0.29) is 30.5 Å². The molecule has 2 atom stereocenters. The second kappa shape index (κ2) is 9.55. The monoisotopic (exact) mass is 306 g/mol. The van der Waals surface area contributed by atoms with Crippen LogP contribution in [0.25, 0.3) is 0 Å². The first-order chi connectivity index (χ1) is 9.29. The van der Waals surface area contributed by atoms with Crippen LogP contribution in [0, 0.1) is 0 Å². The summed E-state index contributed by atoms with van der Waals surface area (Å²) in [6, 6.07) is 0. The molecule has 2 rings (SSSR count). The van der Waals surface area contributed by atoms with Gasteiger partial charge in [0, 0.05) is 13.1 Å². The van der Waals surface area contributed by atoms with E-state index in [4.69, 9.17) is 15.2 Å². The molecule has 0 aromatic heterocycles. The summed E-state index contributed by atoms with van der Waals surface area (Å²) in [6.45, 7) is 1.67. The lowest BCUT2D eigenvalue weighted by Gasteiger charge is -2.22. The van der Waals surface area contributed by atoms with Gasteiger partial charge in [0.05, 0.1) is 18.8 Å². The summed E-state index contributed by atoms with van der Waals surface area (Å²) >= 11 is 0. The van der Waals surface area contributed by atoms with Crippen molar-refractivity contribution in [2.75, 3.05) is 19.7 Å². The number of rotatable bonds is 6. The number of carbonyl (C=O) groups is 1. The zero-order valence-corrected chi connectivity index (χ0v) is 12.8. The van der Waals surface area contributed by atoms with Crippen molar-refractivity contribution in [2.24, 2.45) is 5.73 Å². The summed E-state index contributed by atoms with van der Waals surface area (Å²) in [4.78, 5) is 11.8. The molecule has 1 aliphatic heterocycles. The maximum absolute atomic E-state index is 11.8. The van der Waals surface area contributed by atoms with Gasteiger partial charge < -0.3 is 20.5 Å². The van der Waals surface area contributed by atoms with Gasteiger partial charge in [-0.1, -0.05) is 19.3 Å². The molecule has 1 saturated carbocycles. The first-order valence-corrected chi connectivity index (χ1v) is 7.54. The first kappa shape index (κ1) is 17.7. The van der Waals surface area contributed by atoms with Crippen molar-refractivity contribution in [1.29, 1.82) is 0 Å². The van der Waals surface area contributed by atoms with E-state index in [0.29, 0.717) is 25.8 Å². The van der Waals surface area contributed by atoms with E-state index in [1.807, 2.05) is 0 Å².